The fourth-order valence-electron chi connectivity index (χ4n) is 2.80. The maximum atomic E-state index is 5.91. The van der Waals surface area contributed by atoms with Crippen LogP contribution in [0.15, 0.2) is 30.3 Å². The van der Waals surface area contributed by atoms with Crippen LogP contribution in [0.1, 0.15) is 18.4 Å². The molecule has 1 saturated heterocycles. The molecule has 0 amide bonds. The lowest BCUT2D eigenvalue weighted by molar-refractivity contribution is 0.0853. The fourth-order valence-corrected chi connectivity index (χ4v) is 2.95. The SMILES string of the molecule is CN(c1nc2ccccc2cc1C(N)=S)C1CCOCC1. The van der Waals surface area contributed by atoms with Crippen LogP contribution in [-0.2, 0) is 4.74 Å². The summed E-state index contributed by atoms with van der Waals surface area (Å²) in [6.45, 7) is 1.59. The molecule has 1 aromatic carbocycles. The summed E-state index contributed by atoms with van der Waals surface area (Å²) in [7, 11) is 2.06. The van der Waals surface area contributed by atoms with Gasteiger partial charge in [-0.15, -0.1) is 0 Å². The van der Waals surface area contributed by atoms with Crippen LogP contribution in [0.3, 0.4) is 0 Å². The molecule has 1 aliphatic rings. The Hall–Kier alpha value is -1.72. The van der Waals surface area contributed by atoms with E-state index in [1.54, 1.807) is 0 Å². The molecule has 2 N–H and O–H groups in total. The van der Waals surface area contributed by atoms with Crippen molar-refractivity contribution in [1.82, 2.24) is 4.98 Å². The van der Waals surface area contributed by atoms with Crippen LogP contribution in [0.4, 0.5) is 5.82 Å². The molecule has 1 aromatic heterocycles. The number of hydrogen-bond donors (Lipinski definition) is 1. The molecule has 110 valence electrons. The first-order valence-electron chi connectivity index (χ1n) is 7.17. The summed E-state index contributed by atoms with van der Waals surface area (Å²) in [4.78, 5) is 7.38. The predicted octanol–water partition coefficient (Wildman–Crippen LogP) is 2.48. The Kier molecular flexibility index (Phi) is 4.03. The van der Waals surface area contributed by atoms with Gasteiger partial charge < -0.3 is 15.4 Å². The molecule has 0 radical (unpaired) electrons. The molecular formula is C16H19N3OS. The average molecular weight is 301 g/mol. The highest BCUT2D eigenvalue weighted by molar-refractivity contribution is 7.80. The minimum Gasteiger partial charge on any atom is -0.389 e. The third kappa shape index (κ3) is 2.84. The first-order valence-corrected chi connectivity index (χ1v) is 7.58. The van der Waals surface area contributed by atoms with Crippen molar-refractivity contribution in [3.05, 3.63) is 35.9 Å². The van der Waals surface area contributed by atoms with Crippen molar-refractivity contribution < 1.29 is 4.74 Å². The minimum absolute atomic E-state index is 0.391. The quantitative estimate of drug-likeness (QED) is 0.883. The summed E-state index contributed by atoms with van der Waals surface area (Å²) in [6, 6.07) is 10.5. The number of fused-ring (bicyclic) bond motifs is 1. The molecule has 0 saturated carbocycles. The number of anilines is 1. The maximum absolute atomic E-state index is 5.91. The van der Waals surface area contributed by atoms with Crippen LogP contribution < -0.4 is 10.6 Å². The second-order valence-corrected chi connectivity index (χ2v) is 5.81. The van der Waals surface area contributed by atoms with Gasteiger partial charge in [0, 0.05) is 31.7 Å². The van der Waals surface area contributed by atoms with Crippen molar-refractivity contribution in [2.45, 2.75) is 18.9 Å². The number of pyridine rings is 1. The van der Waals surface area contributed by atoms with Gasteiger partial charge >= 0.3 is 0 Å². The van der Waals surface area contributed by atoms with Crippen LogP contribution in [-0.4, -0.2) is 36.3 Å². The molecule has 0 unspecified atom stereocenters. The van der Waals surface area contributed by atoms with E-state index in [9.17, 15) is 0 Å². The van der Waals surface area contributed by atoms with Crippen molar-refractivity contribution in [1.29, 1.82) is 0 Å². The van der Waals surface area contributed by atoms with E-state index in [4.69, 9.17) is 27.7 Å². The number of hydrogen-bond acceptors (Lipinski definition) is 4. The van der Waals surface area contributed by atoms with Gasteiger partial charge in [0.15, 0.2) is 0 Å². The van der Waals surface area contributed by atoms with Gasteiger partial charge in [0.1, 0.15) is 10.8 Å². The number of para-hydroxylation sites is 1. The molecule has 5 heteroatoms. The van der Waals surface area contributed by atoms with Gasteiger partial charge in [-0.1, -0.05) is 30.4 Å². The number of nitrogens with two attached hydrogens (primary N) is 1. The highest BCUT2D eigenvalue weighted by atomic mass is 32.1. The van der Waals surface area contributed by atoms with Crippen molar-refractivity contribution in [2.24, 2.45) is 5.73 Å². The zero-order valence-corrected chi connectivity index (χ0v) is 12.9. The van der Waals surface area contributed by atoms with Crippen LogP contribution in [0.2, 0.25) is 0 Å². The average Bonchev–Trinajstić information content (AvgIpc) is 2.53. The monoisotopic (exact) mass is 301 g/mol. The number of ether oxygens (including phenoxy) is 1. The molecule has 4 nitrogen and oxygen atoms in total. The van der Waals surface area contributed by atoms with Crippen molar-refractivity contribution >= 4 is 33.9 Å². The Morgan fingerprint density at radius 1 is 1.33 bits per heavy atom. The van der Waals surface area contributed by atoms with Gasteiger partial charge in [0.2, 0.25) is 0 Å². The second kappa shape index (κ2) is 5.95. The molecular weight excluding hydrogens is 282 g/mol. The minimum atomic E-state index is 0.391. The van der Waals surface area contributed by atoms with Gasteiger partial charge in [0.05, 0.1) is 11.1 Å². The summed E-state index contributed by atoms with van der Waals surface area (Å²) >= 11 is 5.22. The first-order chi connectivity index (χ1) is 10.2. The van der Waals surface area contributed by atoms with E-state index >= 15 is 0 Å². The molecule has 0 bridgehead atoms. The second-order valence-electron chi connectivity index (χ2n) is 5.37. The Balaban J connectivity index is 2.06. The molecule has 1 aliphatic heterocycles. The van der Waals surface area contributed by atoms with Crippen LogP contribution in [0.25, 0.3) is 10.9 Å². The Morgan fingerprint density at radius 2 is 2.05 bits per heavy atom. The van der Waals surface area contributed by atoms with Crippen LogP contribution in [0, 0.1) is 0 Å². The Labute approximate surface area is 129 Å². The summed E-state index contributed by atoms with van der Waals surface area (Å²) in [6.07, 6.45) is 2.00. The third-order valence-corrected chi connectivity index (χ3v) is 4.26. The normalized spacial score (nSPS) is 16.0. The Morgan fingerprint density at radius 3 is 2.76 bits per heavy atom. The molecule has 0 atom stereocenters. The number of aromatic nitrogens is 1. The lowest BCUT2D eigenvalue weighted by atomic mass is 10.1. The summed E-state index contributed by atoms with van der Waals surface area (Å²) in [5.41, 5.74) is 7.72. The first kappa shape index (κ1) is 14.2. The molecule has 2 heterocycles. The zero-order chi connectivity index (χ0) is 14.8. The number of nitrogens with zero attached hydrogens (tertiary/aromatic N) is 2. The van der Waals surface area contributed by atoms with Crippen LogP contribution in [0.5, 0.6) is 0 Å². The van der Waals surface area contributed by atoms with Gasteiger partial charge in [0.25, 0.3) is 0 Å². The Bertz CT molecular complexity index is 668. The molecule has 1 fully saturated rings. The van der Waals surface area contributed by atoms with E-state index < -0.39 is 0 Å². The molecule has 0 aliphatic carbocycles. The van der Waals surface area contributed by atoms with Gasteiger partial charge in [-0.3, -0.25) is 0 Å². The van der Waals surface area contributed by atoms with Crippen LogP contribution >= 0.6 is 12.2 Å². The summed E-state index contributed by atoms with van der Waals surface area (Å²) < 4.78 is 5.44. The van der Waals surface area contributed by atoms with Gasteiger partial charge in [-0.05, 0) is 25.0 Å². The van der Waals surface area contributed by atoms with E-state index in [1.165, 1.54) is 0 Å². The smallest absolute Gasteiger partial charge is 0.139 e. The van der Waals surface area contributed by atoms with E-state index in [2.05, 4.69) is 11.9 Å². The van der Waals surface area contributed by atoms with E-state index in [0.29, 0.717) is 11.0 Å². The molecule has 3 rings (SSSR count). The standard InChI is InChI=1S/C16H19N3OS/c1-19(12-6-8-20-9-7-12)16-13(15(17)21)10-11-4-2-3-5-14(11)18-16/h2-5,10,12H,6-9H2,1H3,(H2,17,21). The number of thiocarbonyl (C=S) groups is 1. The highest BCUT2D eigenvalue weighted by Gasteiger charge is 2.22. The summed E-state index contributed by atoms with van der Waals surface area (Å²) in [5.74, 6) is 0.869. The van der Waals surface area contributed by atoms with Crippen molar-refractivity contribution in [2.75, 3.05) is 25.2 Å². The van der Waals surface area contributed by atoms with Crippen molar-refractivity contribution in [3.63, 3.8) is 0 Å². The largest absolute Gasteiger partial charge is 0.389 e. The lowest BCUT2D eigenvalue weighted by Gasteiger charge is -2.33. The van der Waals surface area contributed by atoms with E-state index in [1.807, 2.05) is 30.3 Å². The summed E-state index contributed by atoms with van der Waals surface area (Å²) in [5, 5.41) is 1.06. The van der Waals surface area contributed by atoms with Crippen molar-refractivity contribution in [3.8, 4) is 0 Å². The van der Waals surface area contributed by atoms with Gasteiger partial charge in [-0.2, -0.15) is 0 Å². The zero-order valence-electron chi connectivity index (χ0n) is 12.1. The topological polar surface area (TPSA) is 51.4 Å². The lowest BCUT2D eigenvalue weighted by Crippen LogP contribution is -2.38. The van der Waals surface area contributed by atoms with E-state index in [0.717, 1.165) is 48.3 Å². The molecule has 2 aromatic rings. The number of rotatable bonds is 3. The fraction of sp³-hybridized carbons (Fsp3) is 0.375. The molecule has 21 heavy (non-hydrogen) atoms. The predicted molar refractivity (Wildman–Crippen MR) is 89.9 cm³/mol. The van der Waals surface area contributed by atoms with Gasteiger partial charge in [-0.25, -0.2) is 4.98 Å². The highest BCUT2D eigenvalue weighted by Crippen LogP contribution is 2.26. The number of benzene rings is 1. The van der Waals surface area contributed by atoms with E-state index in [-0.39, 0.29) is 0 Å². The third-order valence-electron chi connectivity index (χ3n) is 4.04. The molecule has 0 spiro atoms. The maximum Gasteiger partial charge on any atom is 0.139 e.